The van der Waals surface area contributed by atoms with E-state index in [-0.39, 0.29) is 11.9 Å². The van der Waals surface area contributed by atoms with Gasteiger partial charge in [0.25, 0.3) is 0 Å². The van der Waals surface area contributed by atoms with Crippen LogP contribution < -0.4 is 20.9 Å². The average molecular weight is 366 g/mol. The van der Waals surface area contributed by atoms with Gasteiger partial charge in [0.1, 0.15) is 11.7 Å². The number of benzene rings is 1. The molecule has 0 bridgehead atoms. The molecular formula is C20H26N6O. The number of carbonyl (C=O) groups is 1. The van der Waals surface area contributed by atoms with Crippen molar-refractivity contribution in [1.82, 2.24) is 9.97 Å². The lowest BCUT2D eigenvalue weighted by Crippen LogP contribution is -2.55. The van der Waals surface area contributed by atoms with Gasteiger partial charge in [0.15, 0.2) is 5.82 Å². The van der Waals surface area contributed by atoms with Crippen molar-refractivity contribution in [2.45, 2.75) is 51.1 Å². The Hall–Kier alpha value is -2.83. The number of nitrogens with one attached hydrogen (secondary N) is 1. The first-order chi connectivity index (χ1) is 13.1. The normalized spacial score (nSPS) is 20.1. The van der Waals surface area contributed by atoms with E-state index in [2.05, 4.69) is 22.1 Å². The van der Waals surface area contributed by atoms with Crippen LogP contribution in [-0.2, 0) is 4.79 Å². The number of nitrogen functional groups attached to an aromatic ring is 1. The monoisotopic (exact) mass is 366 g/mol. The predicted octanol–water partition coefficient (Wildman–Crippen LogP) is 3.31. The summed E-state index contributed by atoms with van der Waals surface area (Å²) in [5.41, 5.74) is 8.12. The molecule has 1 aromatic heterocycles. The Morgan fingerprint density at radius 3 is 2.59 bits per heavy atom. The summed E-state index contributed by atoms with van der Waals surface area (Å²) >= 11 is 0. The second-order valence-electron chi connectivity index (χ2n) is 7.32. The van der Waals surface area contributed by atoms with Gasteiger partial charge in [0.2, 0.25) is 11.9 Å². The van der Waals surface area contributed by atoms with Gasteiger partial charge in [-0.25, -0.2) is 4.98 Å². The molecule has 27 heavy (non-hydrogen) atoms. The third kappa shape index (κ3) is 3.18. The number of anilines is 5. The molecule has 1 aromatic carbocycles. The van der Waals surface area contributed by atoms with Crippen molar-refractivity contribution in [3.63, 3.8) is 0 Å². The number of carbonyl (C=O) groups excluding carboxylic acids is 1. The molecular weight excluding hydrogens is 340 g/mol. The van der Waals surface area contributed by atoms with Crippen molar-refractivity contribution >= 4 is 34.7 Å². The second kappa shape index (κ2) is 7.06. The van der Waals surface area contributed by atoms with Gasteiger partial charge in [-0.2, -0.15) is 4.98 Å². The first-order valence-electron chi connectivity index (χ1n) is 9.64. The number of hydrogen-bond donors (Lipinski definition) is 2. The number of likely N-dealkylation sites (N-methyl/N-ethyl adjacent to an activating group) is 1. The molecule has 142 valence electrons. The van der Waals surface area contributed by atoms with E-state index in [0.29, 0.717) is 17.7 Å². The van der Waals surface area contributed by atoms with Gasteiger partial charge in [-0.1, -0.05) is 19.8 Å². The number of fused-ring (bicyclic) bond motifs is 1. The van der Waals surface area contributed by atoms with Crippen LogP contribution in [0.15, 0.2) is 30.5 Å². The van der Waals surface area contributed by atoms with Gasteiger partial charge in [-0.3, -0.25) is 4.79 Å². The molecule has 0 saturated heterocycles. The van der Waals surface area contributed by atoms with Crippen LogP contribution in [0, 0.1) is 0 Å². The van der Waals surface area contributed by atoms with Crippen LogP contribution in [-0.4, -0.2) is 35.0 Å². The molecule has 7 heteroatoms. The fraction of sp³-hybridized carbons (Fsp3) is 0.450. The predicted molar refractivity (Wildman–Crippen MR) is 108 cm³/mol. The van der Waals surface area contributed by atoms with Crippen LogP contribution in [0.2, 0.25) is 0 Å². The summed E-state index contributed by atoms with van der Waals surface area (Å²) in [4.78, 5) is 26.1. The van der Waals surface area contributed by atoms with E-state index < -0.39 is 0 Å². The van der Waals surface area contributed by atoms with Crippen LogP contribution in [0.5, 0.6) is 0 Å². The second-order valence-corrected chi connectivity index (χ2v) is 7.32. The van der Waals surface area contributed by atoms with Gasteiger partial charge in [0, 0.05) is 24.5 Å². The van der Waals surface area contributed by atoms with Crippen molar-refractivity contribution in [2.75, 3.05) is 27.9 Å². The number of hydrogen-bond acceptors (Lipinski definition) is 6. The van der Waals surface area contributed by atoms with E-state index in [1.807, 2.05) is 31.3 Å². The van der Waals surface area contributed by atoms with Crippen molar-refractivity contribution in [3.8, 4) is 0 Å². The van der Waals surface area contributed by atoms with Crippen LogP contribution >= 0.6 is 0 Å². The minimum absolute atomic E-state index is 0.125. The largest absolute Gasteiger partial charge is 0.399 e. The average Bonchev–Trinajstić information content (AvgIpc) is 3.20. The molecule has 0 spiro atoms. The summed E-state index contributed by atoms with van der Waals surface area (Å²) in [5.74, 6) is 1.50. The molecule has 4 rings (SSSR count). The highest BCUT2D eigenvalue weighted by atomic mass is 16.2. The maximum absolute atomic E-state index is 12.9. The molecule has 1 aliphatic carbocycles. The lowest BCUT2D eigenvalue weighted by molar-refractivity contribution is -0.120. The first-order valence-corrected chi connectivity index (χ1v) is 9.64. The highest BCUT2D eigenvalue weighted by Crippen LogP contribution is 2.39. The van der Waals surface area contributed by atoms with Gasteiger partial charge in [-0.05, 0) is 43.5 Å². The maximum atomic E-state index is 12.9. The minimum Gasteiger partial charge on any atom is -0.399 e. The molecule has 2 aliphatic rings. The lowest BCUT2D eigenvalue weighted by atomic mass is 10.0. The molecule has 1 fully saturated rings. The summed E-state index contributed by atoms with van der Waals surface area (Å²) in [6.45, 7) is 2.07. The zero-order valence-electron chi connectivity index (χ0n) is 15.9. The van der Waals surface area contributed by atoms with E-state index in [1.165, 1.54) is 12.8 Å². The van der Waals surface area contributed by atoms with Crippen molar-refractivity contribution in [3.05, 3.63) is 30.5 Å². The molecule has 1 amide bonds. The SMILES string of the molecule is CC[C@@H]1C(=O)N(C)c2cnc(Nc3ccc(N)cc3)nc2N1C1CCCC1. The molecule has 2 heterocycles. The van der Waals surface area contributed by atoms with Crippen LogP contribution in [0.25, 0.3) is 0 Å². The summed E-state index contributed by atoms with van der Waals surface area (Å²) in [6, 6.07) is 7.68. The third-order valence-electron chi connectivity index (χ3n) is 5.58. The van der Waals surface area contributed by atoms with Gasteiger partial charge >= 0.3 is 0 Å². The number of aromatic nitrogens is 2. The van der Waals surface area contributed by atoms with Crippen LogP contribution in [0.4, 0.5) is 28.8 Å². The quantitative estimate of drug-likeness (QED) is 0.807. The molecule has 3 N–H and O–H groups in total. The van der Waals surface area contributed by atoms with E-state index in [4.69, 9.17) is 10.7 Å². The van der Waals surface area contributed by atoms with E-state index >= 15 is 0 Å². The van der Waals surface area contributed by atoms with Gasteiger partial charge in [0.05, 0.1) is 6.20 Å². The number of nitrogens with two attached hydrogens (primary N) is 1. The molecule has 7 nitrogen and oxygen atoms in total. The third-order valence-corrected chi connectivity index (χ3v) is 5.58. The Morgan fingerprint density at radius 1 is 1.22 bits per heavy atom. The minimum atomic E-state index is -0.162. The Bertz CT molecular complexity index is 831. The number of rotatable bonds is 4. The highest BCUT2D eigenvalue weighted by molar-refractivity contribution is 6.04. The van der Waals surface area contributed by atoms with Crippen LogP contribution in [0.3, 0.4) is 0 Å². The zero-order chi connectivity index (χ0) is 19.0. The smallest absolute Gasteiger partial charge is 0.249 e. The Labute approximate surface area is 159 Å². The molecule has 2 aromatic rings. The highest BCUT2D eigenvalue weighted by Gasteiger charge is 2.41. The van der Waals surface area contributed by atoms with Crippen molar-refractivity contribution < 1.29 is 4.79 Å². The van der Waals surface area contributed by atoms with Gasteiger partial charge < -0.3 is 20.9 Å². The summed E-state index contributed by atoms with van der Waals surface area (Å²) < 4.78 is 0. The summed E-state index contributed by atoms with van der Waals surface area (Å²) in [5, 5.41) is 3.24. The van der Waals surface area contributed by atoms with E-state index in [9.17, 15) is 4.79 Å². The first kappa shape index (κ1) is 17.6. The Morgan fingerprint density at radius 2 is 1.93 bits per heavy atom. The topological polar surface area (TPSA) is 87.4 Å². The van der Waals surface area contributed by atoms with E-state index in [1.54, 1.807) is 11.1 Å². The molecule has 1 aliphatic heterocycles. The standard InChI is InChI=1S/C20H26N6O/c1-3-16-19(27)25(2)17-12-22-20(23-14-10-8-13(21)9-11-14)24-18(17)26(16)15-6-4-5-7-15/h8-12,15-16H,3-7,21H2,1-2H3,(H,22,23,24)/t16-/m1/s1. The fourth-order valence-electron chi connectivity index (χ4n) is 4.14. The van der Waals surface area contributed by atoms with Gasteiger partial charge in [-0.15, -0.1) is 0 Å². The van der Waals surface area contributed by atoms with E-state index in [0.717, 1.165) is 36.5 Å². The fourth-order valence-corrected chi connectivity index (χ4v) is 4.14. The summed E-state index contributed by atoms with van der Waals surface area (Å²) in [7, 11) is 1.81. The number of amides is 1. The van der Waals surface area contributed by atoms with Crippen LogP contribution in [0.1, 0.15) is 39.0 Å². The number of nitrogens with zero attached hydrogens (tertiary/aromatic N) is 4. The van der Waals surface area contributed by atoms with Crippen molar-refractivity contribution in [1.29, 1.82) is 0 Å². The summed E-state index contributed by atoms with van der Waals surface area (Å²) in [6.07, 6.45) is 7.14. The Balaban J connectivity index is 1.72. The molecule has 1 atom stereocenters. The van der Waals surface area contributed by atoms with Crippen molar-refractivity contribution in [2.24, 2.45) is 0 Å². The maximum Gasteiger partial charge on any atom is 0.249 e. The molecule has 0 unspecified atom stereocenters. The molecule has 1 saturated carbocycles. The zero-order valence-corrected chi connectivity index (χ0v) is 15.9. The Kier molecular flexibility index (Phi) is 4.59. The lowest BCUT2D eigenvalue weighted by Gasteiger charge is -2.43. The molecule has 0 radical (unpaired) electrons.